The van der Waals surface area contributed by atoms with Crippen LogP contribution in [-0.4, -0.2) is 38.0 Å². The molecule has 2 heterocycles. The van der Waals surface area contributed by atoms with Crippen molar-refractivity contribution in [3.05, 3.63) is 35.0 Å². The van der Waals surface area contributed by atoms with Crippen molar-refractivity contribution in [2.45, 2.75) is 6.54 Å². The summed E-state index contributed by atoms with van der Waals surface area (Å²) in [6, 6.07) is 3.08. The Morgan fingerprint density at radius 2 is 2.33 bits per heavy atom. The molecule has 0 aromatic carbocycles. The number of halogens is 1. The largest absolute Gasteiger partial charge is 0.384 e. The van der Waals surface area contributed by atoms with Gasteiger partial charge in [-0.1, -0.05) is 11.6 Å². The van der Waals surface area contributed by atoms with Gasteiger partial charge in [-0.25, -0.2) is 9.97 Å². The average molecular weight is 267 g/mol. The Balaban J connectivity index is 2.17. The normalized spacial score (nSPS) is 10.3. The number of carbonyl (C=O) groups is 1. The maximum absolute atomic E-state index is 12.1. The number of nitrogens with zero attached hydrogens (tertiary/aromatic N) is 4. The summed E-state index contributed by atoms with van der Waals surface area (Å²) in [5.74, 6) is 0.491. The van der Waals surface area contributed by atoms with E-state index in [-0.39, 0.29) is 29.0 Å². The van der Waals surface area contributed by atoms with E-state index in [1.165, 1.54) is 17.3 Å². The van der Waals surface area contributed by atoms with Crippen LogP contribution < -0.4 is 5.73 Å². The maximum Gasteiger partial charge on any atom is 0.274 e. The molecule has 18 heavy (non-hydrogen) atoms. The van der Waals surface area contributed by atoms with Gasteiger partial charge in [0, 0.05) is 7.05 Å². The molecule has 0 aliphatic heterocycles. The summed E-state index contributed by atoms with van der Waals surface area (Å²) in [7, 11) is 1.62. The topological polar surface area (TPSA) is 101 Å². The number of H-pyrrole nitrogens is 1. The van der Waals surface area contributed by atoms with E-state index in [1.54, 1.807) is 13.1 Å². The second-order valence-corrected chi connectivity index (χ2v) is 4.07. The first-order valence-electron chi connectivity index (χ1n) is 5.09. The summed E-state index contributed by atoms with van der Waals surface area (Å²) in [4.78, 5) is 21.4. The Bertz CT molecular complexity index is 556. The zero-order valence-corrected chi connectivity index (χ0v) is 10.3. The van der Waals surface area contributed by atoms with Crippen LogP contribution in [0.1, 0.15) is 16.3 Å². The number of rotatable bonds is 3. The number of aromatic amines is 1. The molecule has 0 aliphatic carbocycles. The summed E-state index contributed by atoms with van der Waals surface area (Å²) in [6.45, 7) is 0.283. The molecule has 0 aliphatic rings. The molecular formula is C10H11ClN6O. The van der Waals surface area contributed by atoms with Crippen LogP contribution in [0, 0.1) is 0 Å². The Morgan fingerprint density at radius 3 is 3.00 bits per heavy atom. The molecule has 0 saturated carbocycles. The molecule has 94 valence electrons. The standard InChI is InChI=1S/C10H11ClN6O/c1-17(4-8-13-5-14-16-8)10(18)9-6(11)2-3-7(12)15-9/h2-3,5H,4H2,1H3,(H2,12,15)(H,13,14,16). The number of aromatic nitrogens is 4. The molecule has 2 aromatic heterocycles. The van der Waals surface area contributed by atoms with Gasteiger partial charge in [-0.15, -0.1) is 0 Å². The summed E-state index contributed by atoms with van der Waals surface area (Å²) in [5, 5.41) is 6.63. The van der Waals surface area contributed by atoms with Crippen molar-refractivity contribution in [1.29, 1.82) is 0 Å². The smallest absolute Gasteiger partial charge is 0.274 e. The van der Waals surface area contributed by atoms with Crippen molar-refractivity contribution in [1.82, 2.24) is 25.1 Å². The Hall–Kier alpha value is -2.15. The number of hydrogen-bond donors (Lipinski definition) is 2. The average Bonchev–Trinajstić information content (AvgIpc) is 2.84. The predicted octanol–water partition coefficient (Wildman–Crippen LogP) is 0.707. The molecule has 1 amide bonds. The second-order valence-electron chi connectivity index (χ2n) is 3.66. The maximum atomic E-state index is 12.1. The van der Waals surface area contributed by atoms with Crippen molar-refractivity contribution < 1.29 is 4.79 Å². The molecule has 7 nitrogen and oxygen atoms in total. The van der Waals surface area contributed by atoms with Gasteiger partial charge in [-0.05, 0) is 12.1 Å². The lowest BCUT2D eigenvalue weighted by Gasteiger charge is -2.15. The van der Waals surface area contributed by atoms with Gasteiger partial charge in [0.1, 0.15) is 23.7 Å². The van der Waals surface area contributed by atoms with E-state index in [0.29, 0.717) is 5.82 Å². The molecular weight excluding hydrogens is 256 g/mol. The predicted molar refractivity (Wildman–Crippen MR) is 65.8 cm³/mol. The van der Waals surface area contributed by atoms with Crippen molar-refractivity contribution in [3.63, 3.8) is 0 Å². The fraction of sp³-hybridized carbons (Fsp3) is 0.200. The highest BCUT2D eigenvalue weighted by Gasteiger charge is 2.18. The van der Waals surface area contributed by atoms with Gasteiger partial charge >= 0.3 is 0 Å². The van der Waals surface area contributed by atoms with Crippen molar-refractivity contribution in [2.75, 3.05) is 12.8 Å². The fourth-order valence-corrected chi connectivity index (χ4v) is 1.58. The van der Waals surface area contributed by atoms with Gasteiger partial charge in [-0.2, -0.15) is 5.10 Å². The van der Waals surface area contributed by atoms with E-state index in [9.17, 15) is 4.79 Å². The Kier molecular flexibility index (Phi) is 3.42. The fourth-order valence-electron chi connectivity index (χ4n) is 1.39. The first kappa shape index (κ1) is 12.3. The third-order valence-corrected chi connectivity index (χ3v) is 2.57. The van der Waals surface area contributed by atoms with Crippen LogP contribution in [0.15, 0.2) is 18.5 Å². The molecule has 3 N–H and O–H groups in total. The van der Waals surface area contributed by atoms with Gasteiger partial charge in [0.15, 0.2) is 0 Å². The van der Waals surface area contributed by atoms with E-state index >= 15 is 0 Å². The lowest BCUT2D eigenvalue weighted by atomic mass is 10.3. The van der Waals surface area contributed by atoms with Crippen LogP contribution in [0.3, 0.4) is 0 Å². The molecule has 2 aromatic rings. The van der Waals surface area contributed by atoms with E-state index in [0.717, 1.165) is 0 Å². The minimum atomic E-state index is -0.330. The Labute approximate surface area is 108 Å². The van der Waals surface area contributed by atoms with Gasteiger partial charge in [0.25, 0.3) is 5.91 Å². The molecule has 0 atom stereocenters. The number of amides is 1. The third kappa shape index (κ3) is 2.57. The zero-order valence-electron chi connectivity index (χ0n) is 9.59. The van der Waals surface area contributed by atoms with Gasteiger partial charge in [0.05, 0.1) is 11.6 Å². The minimum absolute atomic E-state index is 0.124. The zero-order chi connectivity index (χ0) is 13.1. The van der Waals surface area contributed by atoms with E-state index in [1.807, 2.05) is 0 Å². The highest BCUT2D eigenvalue weighted by molar-refractivity contribution is 6.33. The molecule has 0 unspecified atom stereocenters. The highest BCUT2D eigenvalue weighted by Crippen LogP contribution is 2.17. The van der Waals surface area contributed by atoms with Crippen molar-refractivity contribution in [2.24, 2.45) is 0 Å². The summed E-state index contributed by atoms with van der Waals surface area (Å²) < 4.78 is 0. The number of nitrogen functional groups attached to an aromatic ring is 1. The molecule has 2 rings (SSSR count). The molecule has 0 saturated heterocycles. The van der Waals surface area contributed by atoms with Gasteiger partial charge in [0.2, 0.25) is 0 Å². The monoisotopic (exact) mass is 266 g/mol. The van der Waals surface area contributed by atoms with Crippen LogP contribution in [0.5, 0.6) is 0 Å². The lowest BCUT2D eigenvalue weighted by molar-refractivity contribution is 0.0776. The van der Waals surface area contributed by atoms with E-state index in [2.05, 4.69) is 20.2 Å². The number of pyridine rings is 1. The van der Waals surface area contributed by atoms with Crippen molar-refractivity contribution in [3.8, 4) is 0 Å². The van der Waals surface area contributed by atoms with Gasteiger partial charge < -0.3 is 10.6 Å². The third-order valence-electron chi connectivity index (χ3n) is 2.27. The molecule has 8 heteroatoms. The van der Waals surface area contributed by atoms with Gasteiger partial charge in [-0.3, -0.25) is 9.89 Å². The number of hydrogen-bond acceptors (Lipinski definition) is 5. The van der Waals surface area contributed by atoms with Crippen LogP contribution in [0.4, 0.5) is 5.82 Å². The molecule has 0 fully saturated rings. The lowest BCUT2D eigenvalue weighted by Crippen LogP contribution is -2.28. The molecule has 0 bridgehead atoms. The summed E-state index contributed by atoms with van der Waals surface area (Å²) in [5.41, 5.74) is 5.66. The van der Waals surface area contributed by atoms with E-state index < -0.39 is 0 Å². The number of nitrogens with one attached hydrogen (secondary N) is 1. The first-order valence-corrected chi connectivity index (χ1v) is 5.47. The number of carbonyl (C=O) groups excluding carboxylic acids is 1. The number of anilines is 1. The van der Waals surface area contributed by atoms with Crippen LogP contribution >= 0.6 is 11.6 Å². The number of nitrogens with two attached hydrogens (primary N) is 1. The molecule has 0 radical (unpaired) electrons. The van der Waals surface area contributed by atoms with Crippen LogP contribution in [0.25, 0.3) is 0 Å². The molecule has 0 spiro atoms. The minimum Gasteiger partial charge on any atom is -0.384 e. The van der Waals surface area contributed by atoms with Crippen molar-refractivity contribution >= 4 is 23.3 Å². The van der Waals surface area contributed by atoms with E-state index in [4.69, 9.17) is 17.3 Å². The SMILES string of the molecule is CN(Cc1ncn[nH]1)C(=O)c1nc(N)ccc1Cl. The highest BCUT2D eigenvalue weighted by atomic mass is 35.5. The quantitative estimate of drug-likeness (QED) is 0.852. The first-order chi connectivity index (χ1) is 8.58. The van der Waals surface area contributed by atoms with Crippen LogP contribution in [-0.2, 0) is 6.54 Å². The Morgan fingerprint density at radius 1 is 1.56 bits per heavy atom. The second kappa shape index (κ2) is 5.01. The van der Waals surface area contributed by atoms with Crippen LogP contribution in [0.2, 0.25) is 5.02 Å². The summed E-state index contributed by atoms with van der Waals surface area (Å²) in [6.07, 6.45) is 1.37. The summed E-state index contributed by atoms with van der Waals surface area (Å²) >= 11 is 5.92.